The minimum absolute atomic E-state index is 0.0461. The molecule has 1 unspecified atom stereocenters. The molecule has 1 aliphatic heterocycles. The molecule has 0 saturated heterocycles. The van der Waals surface area contributed by atoms with Gasteiger partial charge in [0.1, 0.15) is 5.56 Å². The molecular formula is C18H21N3O2S. The smallest absolute Gasteiger partial charge is 0.267 e. The zero-order valence-corrected chi connectivity index (χ0v) is 14.8. The monoisotopic (exact) mass is 343 g/mol. The molecule has 126 valence electrons. The fraction of sp³-hybridized carbons (Fsp3) is 0.389. The normalized spacial score (nSPS) is 14.2. The van der Waals surface area contributed by atoms with E-state index in [0.717, 1.165) is 17.7 Å². The van der Waals surface area contributed by atoms with Crippen LogP contribution in [0.3, 0.4) is 0 Å². The van der Waals surface area contributed by atoms with E-state index >= 15 is 0 Å². The number of amides is 1. The predicted molar refractivity (Wildman–Crippen MR) is 95.3 cm³/mol. The summed E-state index contributed by atoms with van der Waals surface area (Å²) in [6.07, 6.45) is 2.27. The number of carbonyl (C=O) groups excluding carboxylic acids is 1. The van der Waals surface area contributed by atoms with Crippen LogP contribution >= 0.6 is 11.8 Å². The molecule has 1 amide bonds. The molecule has 24 heavy (non-hydrogen) atoms. The standard InChI is InChI=1S/C18H21N3O2S/c1-3-13(2)21(12-14-7-5-4-6-8-14)17(23)15-11-19-18-20(16(15)22)9-10-24-18/h4-8,11,13H,3,9-10,12H2,1-2H3. The van der Waals surface area contributed by atoms with Crippen molar-refractivity contribution in [1.29, 1.82) is 0 Å². The van der Waals surface area contributed by atoms with Gasteiger partial charge in [-0.3, -0.25) is 14.2 Å². The van der Waals surface area contributed by atoms with Gasteiger partial charge in [0.05, 0.1) is 0 Å². The fourth-order valence-electron chi connectivity index (χ4n) is 2.75. The second-order valence-electron chi connectivity index (χ2n) is 5.94. The van der Waals surface area contributed by atoms with Crippen molar-refractivity contribution in [1.82, 2.24) is 14.5 Å². The first-order chi connectivity index (χ1) is 11.6. The van der Waals surface area contributed by atoms with E-state index in [-0.39, 0.29) is 23.1 Å². The fourth-order valence-corrected chi connectivity index (χ4v) is 3.66. The SMILES string of the molecule is CCC(C)N(Cc1ccccc1)C(=O)c1cnc2n(c1=O)CCS2. The van der Waals surface area contributed by atoms with Crippen molar-refractivity contribution in [2.75, 3.05) is 5.75 Å². The van der Waals surface area contributed by atoms with Crippen LogP contribution in [0.5, 0.6) is 0 Å². The maximum absolute atomic E-state index is 13.0. The second-order valence-corrected chi connectivity index (χ2v) is 7.00. The van der Waals surface area contributed by atoms with Crippen molar-refractivity contribution >= 4 is 17.7 Å². The highest BCUT2D eigenvalue weighted by atomic mass is 32.2. The number of fused-ring (bicyclic) bond motifs is 1. The topological polar surface area (TPSA) is 55.2 Å². The highest BCUT2D eigenvalue weighted by Gasteiger charge is 2.26. The molecule has 1 aromatic carbocycles. The summed E-state index contributed by atoms with van der Waals surface area (Å²) in [6, 6.07) is 9.90. The summed E-state index contributed by atoms with van der Waals surface area (Å²) >= 11 is 1.55. The lowest BCUT2D eigenvalue weighted by atomic mass is 10.1. The Bertz CT molecular complexity index is 789. The molecule has 0 radical (unpaired) electrons. The van der Waals surface area contributed by atoms with Crippen molar-refractivity contribution < 1.29 is 4.79 Å². The van der Waals surface area contributed by atoms with Crippen molar-refractivity contribution in [3.8, 4) is 0 Å². The van der Waals surface area contributed by atoms with E-state index in [1.54, 1.807) is 21.2 Å². The zero-order chi connectivity index (χ0) is 17.1. The number of carbonyl (C=O) groups is 1. The van der Waals surface area contributed by atoms with Crippen LogP contribution in [0.2, 0.25) is 0 Å². The summed E-state index contributed by atoms with van der Waals surface area (Å²) in [7, 11) is 0. The Kier molecular flexibility index (Phi) is 5.04. The van der Waals surface area contributed by atoms with Gasteiger partial charge in [0.2, 0.25) is 0 Å². The van der Waals surface area contributed by atoms with Crippen molar-refractivity contribution in [2.45, 2.75) is 44.6 Å². The Labute approximate surface area is 145 Å². The number of nitrogens with zero attached hydrogens (tertiary/aromatic N) is 3. The molecule has 0 spiro atoms. The van der Waals surface area contributed by atoms with E-state index in [2.05, 4.69) is 4.98 Å². The average molecular weight is 343 g/mol. The lowest BCUT2D eigenvalue weighted by Crippen LogP contribution is -2.41. The van der Waals surface area contributed by atoms with E-state index < -0.39 is 0 Å². The lowest BCUT2D eigenvalue weighted by molar-refractivity contribution is 0.0668. The van der Waals surface area contributed by atoms with Crippen LogP contribution in [0.1, 0.15) is 36.2 Å². The molecule has 2 aromatic rings. The van der Waals surface area contributed by atoms with Crippen LogP contribution in [-0.2, 0) is 13.1 Å². The first-order valence-corrected chi connectivity index (χ1v) is 9.18. The van der Waals surface area contributed by atoms with Gasteiger partial charge in [0.15, 0.2) is 5.16 Å². The molecule has 0 N–H and O–H groups in total. The van der Waals surface area contributed by atoms with Gasteiger partial charge in [-0.25, -0.2) is 4.98 Å². The predicted octanol–water partition coefficient (Wildman–Crippen LogP) is 2.79. The molecule has 0 fully saturated rings. The Morgan fingerprint density at radius 3 is 2.83 bits per heavy atom. The molecule has 0 aliphatic carbocycles. The van der Waals surface area contributed by atoms with Crippen LogP contribution in [0, 0.1) is 0 Å². The molecule has 6 heteroatoms. The Morgan fingerprint density at radius 1 is 1.38 bits per heavy atom. The quantitative estimate of drug-likeness (QED) is 0.784. The van der Waals surface area contributed by atoms with E-state index in [1.807, 2.05) is 44.2 Å². The Morgan fingerprint density at radius 2 is 2.12 bits per heavy atom. The molecule has 5 nitrogen and oxygen atoms in total. The lowest BCUT2D eigenvalue weighted by Gasteiger charge is -2.28. The summed E-state index contributed by atoms with van der Waals surface area (Å²) in [5, 5.41) is 0.703. The third-order valence-corrected chi connectivity index (χ3v) is 5.34. The van der Waals surface area contributed by atoms with Gasteiger partial charge in [-0.15, -0.1) is 0 Å². The van der Waals surface area contributed by atoms with Gasteiger partial charge >= 0.3 is 0 Å². The van der Waals surface area contributed by atoms with Crippen LogP contribution < -0.4 is 5.56 Å². The second kappa shape index (κ2) is 7.21. The number of aromatic nitrogens is 2. The molecule has 3 rings (SSSR count). The van der Waals surface area contributed by atoms with Crippen molar-refractivity contribution in [3.05, 3.63) is 58.0 Å². The maximum atomic E-state index is 13.0. The average Bonchev–Trinajstić information content (AvgIpc) is 3.09. The van der Waals surface area contributed by atoms with E-state index in [4.69, 9.17) is 0 Å². The van der Waals surface area contributed by atoms with Crippen molar-refractivity contribution in [3.63, 3.8) is 0 Å². The Balaban J connectivity index is 1.93. The molecule has 0 bridgehead atoms. The highest BCUT2D eigenvalue weighted by Crippen LogP contribution is 2.21. The molecular weight excluding hydrogens is 322 g/mol. The van der Waals surface area contributed by atoms with Gasteiger partial charge < -0.3 is 4.90 Å². The van der Waals surface area contributed by atoms with Crippen LogP contribution in [0.25, 0.3) is 0 Å². The van der Waals surface area contributed by atoms with Gasteiger partial charge in [-0.2, -0.15) is 0 Å². The highest BCUT2D eigenvalue weighted by molar-refractivity contribution is 7.99. The van der Waals surface area contributed by atoms with Crippen molar-refractivity contribution in [2.24, 2.45) is 0 Å². The Hall–Kier alpha value is -2.08. The van der Waals surface area contributed by atoms with Crippen LogP contribution in [-0.4, -0.2) is 32.2 Å². The third-order valence-electron chi connectivity index (χ3n) is 4.37. The first kappa shape index (κ1) is 16.8. The minimum atomic E-state index is -0.238. The number of hydrogen-bond donors (Lipinski definition) is 0. The molecule has 2 heterocycles. The van der Waals surface area contributed by atoms with E-state index in [9.17, 15) is 9.59 Å². The summed E-state index contributed by atoms with van der Waals surface area (Å²) in [5.74, 6) is 0.594. The minimum Gasteiger partial charge on any atom is -0.331 e. The van der Waals surface area contributed by atoms with Crippen LogP contribution in [0.15, 0.2) is 46.5 Å². The molecule has 1 aliphatic rings. The molecule has 1 atom stereocenters. The largest absolute Gasteiger partial charge is 0.331 e. The van der Waals surface area contributed by atoms with Gasteiger partial charge in [0.25, 0.3) is 11.5 Å². The van der Waals surface area contributed by atoms with E-state index in [1.165, 1.54) is 6.20 Å². The first-order valence-electron chi connectivity index (χ1n) is 8.19. The van der Waals surface area contributed by atoms with Gasteiger partial charge in [-0.1, -0.05) is 49.0 Å². The summed E-state index contributed by atoms with van der Waals surface area (Å²) in [5.41, 5.74) is 0.991. The number of benzene rings is 1. The molecule has 1 aromatic heterocycles. The summed E-state index contributed by atoms with van der Waals surface area (Å²) in [6.45, 7) is 5.16. The zero-order valence-electron chi connectivity index (χ0n) is 13.9. The molecule has 0 saturated carbocycles. The van der Waals surface area contributed by atoms with Gasteiger partial charge in [0, 0.05) is 31.1 Å². The number of hydrogen-bond acceptors (Lipinski definition) is 4. The van der Waals surface area contributed by atoms with E-state index in [0.29, 0.717) is 18.2 Å². The number of rotatable bonds is 5. The summed E-state index contributed by atoms with van der Waals surface area (Å²) < 4.78 is 1.61. The number of thioether (sulfide) groups is 1. The summed E-state index contributed by atoms with van der Waals surface area (Å²) in [4.78, 5) is 31.7. The van der Waals surface area contributed by atoms with Gasteiger partial charge in [-0.05, 0) is 18.9 Å². The maximum Gasteiger partial charge on any atom is 0.267 e. The van der Waals surface area contributed by atoms with Crippen LogP contribution in [0.4, 0.5) is 0 Å². The third kappa shape index (κ3) is 3.24.